The summed E-state index contributed by atoms with van der Waals surface area (Å²) < 4.78 is 0. The summed E-state index contributed by atoms with van der Waals surface area (Å²) >= 11 is 0. The van der Waals surface area contributed by atoms with Gasteiger partial charge in [-0.2, -0.15) is 0 Å². The van der Waals surface area contributed by atoms with Crippen molar-refractivity contribution in [3.05, 3.63) is 48.6 Å². The molecule has 1 atom stereocenters. The molecular weight excluding hydrogens is 236 g/mol. The molecule has 101 valence electrons. The molecule has 1 aromatic carbocycles. The van der Waals surface area contributed by atoms with E-state index in [-0.39, 0.29) is 5.92 Å². The van der Waals surface area contributed by atoms with Gasteiger partial charge in [-0.1, -0.05) is 69.4 Å². The molecule has 0 aliphatic heterocycles. The topological polar surface area (TPSA) is 54.5 Å². The summed E-state index contributed by atoms with van der Waals surface area (Å²) in [6, 6.07) is 10.4. The smallest absolute Gasteiger partial charge is 0.155 e. The maximum atomic E-state index is 4.08. The summed E-state index contributed by atoms with van der Waals surface area (Å²) in [6.07, 6.45) is 7.05. The summed E-state index contributed by atoms with van der Waals surface area (Å²) in [7, 11) is 0. The van der Waals surface area contributed by atoms with E-state index in [1.54, 1.807) is 0 Å². The maximum Gasteiger partial charge on any atom is 0.155 e. The molecule has 1 heterocycles. The second-order valence-corrected chi connectivity index (χ2v) is 4.81. The molecule has 0 amide bonds. The number of tetrazole rings is 1. The van der Waals surface area contributed by atoms with Crippen LogP contribution in [0.3, 0.4) is 0 Å². The van der Waals surface area contributed by atoms with E-state index < -0.39 is 0 Å². The van der Waals surface area contributed by atoms with Crippen molar-refractivity contribution in [1.82, 2.24) is 20.6 Å². The molecule has 19 heavy (non-hydrogen) atoms. The fourth-order valence-electron chi connectivity index (χ4n) is 2.34. The Morgan fingerprint density at radius 3 is 2.53 bits per heavy atom. The first-order chi connectivity index (χ1) is 9.42. The fraction of sp³-hybridized carbons (Fsp3) is 0.467. The summed E-state index contributed by atoms with van der Waals surface area (Å²) in [5, 5.41) is 14.4. The Morgan fingerprint density at radius 1 is 1.05 bits per heavy atom. The molecule has 1 unspecified atom stereocenters. The highest BCUT2D eigenvalue weighted by Crippen LogP contribution is 2.27. The Morgan fingerprint density at radius 2 is 1.84 bits per heavy atom. The molecule has 2 aromatic rings. The molecule has 1 N–H and O–H groups in total. The Bertz CT molecular complexity index is 438. The van der Waals surface area contributed by atoms with Crippen LogP contribution in [0.15, 0.2) is 30.3 Å². The van der Waals surface area contributed by atoms with E-state index in [0.717, 1.165) is 18.7 Å². The Balaban J connectivity index is 1.96. The molecule has 1 aromatic heterocycles. The molecule has 4 nitrogen and oxygen atoms in total. The number of aromatic amines is 1. The number of hydrogen-bond donors (Lipinski definition) is 1. The summed E-state index contributed by atoms with van der Waals surface area (Å²) in [4.78, 5) is 0. The average molecular weight is 257 g/mol. The van der Waals surface area contributed by atoms with Gasteiger partial charge in [-0.25, -0.2) is 5.10 Å². The van der Waals surface area contributed by atoms with E-state index in [1.807, 2.05) is 6.07 Å². The number of H-pyrrole nitrogens is 1. The number of rotatable bonds is 8. The zero-order chi connectivity index (χ0) is 13.3. The van der Waals surface area contributed by atoms with Gasteiger partial charge in [0, 0.05) is 5.92 Å². The van der Waals surface area contributed by atoms with Crippen LogP contribution in [-0.2, 0) is 0 Å². The third-order valence-corrected chi connectivity index (χ3v) is 3.39. The van der Waals surface area contributed by atoms with Crippen molar-refractivity contribution in [2.75, 3.05) is 0 Å². The van der Waals surface area contributed by atoms with Gasteiger partial charge in [0.25, 0.3) is 0 Å². The van der Waals surface area contributed by atoms with E-state index in [2.05, 4.69) is 51.8 Å². The highest BCUT2D eigenvalue weighted by atomic mass is 15.5. The highest BCUT2D eigenvalue weighted by molar-refractivity contribution is 5.24. The van der Waals surface area contributed by atoms with Gasteiger partial charge in [0.2, 0.25) is 0 Å². The van der Waals surface area contributed by atoms with Crippen LogP contribution < -0.4 is 0 Å². The SMILES string of the molecule is [CH2]CCCCCCC(c1ccccc1)c1nnn[nH]1. The second-order valence-electron chi connectivity index (χ2n) is 4.81. The van der Waals surface area contributed by atoms with Crippen molar-refractivity contribution < 1.29 is 0 Å². The zero-order valence-corrected chi connectivity index (χ0v) is 11.3. The molecule has 1 radical (unpaired) electrons. The predicted molar refractivity (Wildman–Crippen MR) is 75.5 cm³/mol. The number of hydrogen-bond acceptors (Lipinski definition) is 3. The van der Waals surface area contributed by atoms with Gasteiger partial charge in [0.05, 0.1) is 0 Å². The lowest BCUT2D eigenvalue weighted by Gasteiger charge is -2.13. The van der Waals surface area contributed by atoms with Gasteiger partial charge < -0.3 is 0 Å². The van der Waals surface area contributed by atoms with Gasteiger partial charge in [-0.05, 0) is 22.4 Å². The molecular formula is C15H21N4. The maximum absolute atomic E-state index is 4.08. The minimum atomic E-state index is 0.274. The van der Waals surface area contributed by atoms with Gasteiger partial charge in [0.1, 0.15) is 0 Å². The van der Waals surface area contributed by atoms with E-state index in [0.29, 0.717) is 0 Å². The number of unbranched alkanes of at least 4 members (excludes halogenated alkanes) is 4. The molecule has 0 saturated carbocycles. The van der Waals surface area contributed by atoms with Gasteiger partial charge in [-0.15, -0.1) is 5.10 Å². The van der Waals surface area contributed by atoms with Crippen LogP contribution in [0, 0.1) is 6.92 Å². The van der Waals surface area contributed by atoms with Crippen LogP contribution in [-0.4, -0.2) is 20.6 Å². The Labute approximate surface area is 114 Å². The van der Waals surface area contributed by atoms with Crippen LogP contribution in [0.25, 0.3) is 0 Å². The number of aromatic nitrogens is 4. The van der Waals surface area contributed by atoms with Gasteiger partial charge in [-0.3, -0.25) is 0 Å². The Kier molecular flexibility index (Phi) is 5.53. The lowest BCUT2D eigenvalue weighted by atomic mass is 9.92. The lowest BCUT2D eigenvalue weighted by molar-refractivity contribution is 0.573. The van der Waals surface area contributed by atoms with Crippen molar-refractivity contribution in [2.24, 2.45) is 0 Å². The van der Waals surface area contributed by atoms with Crippen molar-refractivity contribution in [3.8, 4) is 0 Å². The summed E-state index contributed by atoms with van der Waals surface area (Å²) in [5.74, 6) is 1.14. The molecule has 0 aliphatic carbocycles. The highest BCUT2D eigenvalue weighted by Gasteiger charge is 2.16. The van der Waals surface area contributed by atoms with E-state index in [1.165, 1.54) is 31.2 Å². The van der Waals surface area contributed by atoms with Crippen molar-refractivity contribution in [2.45, 2.75) is 44.4 Å². The minimum absolute atomic E-state index is 0.274. The normalized spacial score (nSPS) is 12.5. The zero-order valence-electron chi connectivity index (χ0n) is 11.3. The molecule has 2 rings (SSSR count). The third kappa shape index (κ3) is 4.16. The number of nitrogens with zero attached hydrogens (tertiary/aromatic N) is 3. The van der Waals surface area contributed by atoms with Crippen LogP contribution >= 0.6 is 0 Å². The molecule has 0 fully saturated rings. The van der Waals surface area contributed by atoms with Crippen LogP contribution in [0.2, 0.25) is 0 Å². The lowest BCUT2D eigenvalue weighted by Crippen LogP contribution is -2.04. The fourth-order valence-corrected chi connectivity index (χ4v) is 2.34. The first-order valence-corrected chi connectivity index (χ1v) is 6.99. The first-order valence-electron chi connectivity index (χ1n) is 6.99. The van der Waals surface area contributed by atoms with Crippen molar-refractivity contribution in [3.63, 3.8) is 0 Å². The molecule has 4 heteroatoms. The Hall–Kier alpha value is -1.71. The quantitative estimate of drug-likeness (QED) is 0.736. The van der Waals surface area contributed by atoms with Crippen LogP contribution in [0.5, 0.6) is 0 Å². The third-order valence-electron chi connectivity index (χ3n) is 3.39. The summed E-state index contributed by atoms with van der Waals surface area (Å²) in [6.45, 7) is 3.88. The van der Waals surface area contributed by atoms with E-state index in [4.69, 9.17) is 0 Å². The van der Waals surface area contributed by atoms with E-state index in [9.17, 15) is 0 Å². The van der Waals surface area contributed by atoms with Crippen LogP contribution in [0.4, 0.5) is 0 Å². The standard InChI is InChI=1S/C15H21N4/c1-2-3-4-5-9-12-14(15-16-18-19-17-15)13-10-7-6-8-11-13/h6-8,10-11,14H,1-5,9,12H2,(H,16,17,18,19). The predicted octanol–water partition coefficient (Wildman–Crippen LogP) is 3.51. The van der Waals surface area contributed by atoms with Gasteiger partial charge in [0.15, 0.2) is 5.82 Å². The molecule has 0 saturated heterocycles. The van der Waals surface area contributed by atoms with Crippen molar-refractivity contribution in [1.29, 1.82) is 0 Å². The van der Waals surface area contributed by atoms with Gasteiger partial charge >= 0.3 is 0 Å². The largest absolute Gasteiger partial charge is 0.242 e. The molecule has 0 bridgehead atoms. The summed E-state index contributed by atoms with van der Waals surface area (Å²) in [5.41, 5.74) is 1.28. The van der Waals surface area contributed by atoms with Crippen molar-refractivity contribution >= 4 is 0 Å². The van der Waals surface area contributed by atoms with E-state index >= 15 is 0 Å². The minimum Gasteiger partial charge on any atom is -0.242 e. The molecule has 0 aliphatic rings. The number of benzene rings is 1. The monoisotopic (exact) mass is 257 g/mol. The molecule has 0 spiro atoms. The van der Waals surface area contributed by atoms with Crippen LogP contribution in [0.1, 0.15) is 55.8 Å². The average Bonchev–Trinajstić information content (AvgIpc) is 2.98. The number of nitrogens with one attached hydrogen (secondary N) is 1. The first kappa shape index (κ1) is 13.7. The second kappa shape index (κ2) is 7.67.